The normalized spacial score (nSPS) is 9.56. The van der Waals surface area contributed by atoms with Gasteiger partial charge in [0.2, 0.25) is 0 Å². The maximum Gasteiger partial charge on any atom is 0.300 e. The van der Waals surface area contributed by atoms with Crippen molar-refractivity contribution in [2.45, 2.75) is 26.7 Å². The number of carboxylic acid groups (broad SMARTS) is 1. The molecule has 0 aliphatic heterocycles. The third-order valence-corrected chi connectivity index (χ3v) is 2.20. The van der Waals surface area contributed by atoms with Crippen molar-refractivity contribution < 1.29 is 22.9 Å². The fourth-order valence-electron chi connectivity index (χ4n) is 0.653. The van der Waals surface area contributed by atoms with Crippen molar-refractivity contribution in [3.05, 3.63) is 18.7 Å². The number of aryl methyl sites for hydroxylation is 1. The van der Waals surface area contributed by atoms with Crippen molar-refractivity contribution in [3.8, 4) is 0 Å². The first kappa shape index (κ1) is 18.9. The van der Waals surface area contributed by atoms with Crippen molar-refractivity contribution in [2.75, 3.05) is 5.75 Å². The second-order valence-electron chi connectivity index (χ2n) is 3.39. The molecule has 1 heterocycles. The van der Waals surface area contributed by atoms with Crippen LogP contribution in [-0.4, -0.2) is 39.4 Å². The first-order chi connectivity index (χ1) is 8.19. The number of hydrogen-bond acceptors (Lipinski definition) is 4. The van der Waals surface area contributed by atoms with Crippen LogP contribution >= 0.6 is 0 Å². The average Bonchev–Trinajstić information content (AvgIpc) is 2.65. The third kappa shape index (κ3) is 24.0. The molecule has 0 fully saturated rings. The molecule has 7 nitrogen and oxygen atoms in total. The van der Waals surface area contributed by atoms with E-state index in [0.29, 0.717) is 6.42 Å². The highest BCUT2D eigenvalue weighted by Gasteiger charge is 2.00. The highest BCUT2D eigenvalue weighted by Crippen LogP contribution is 1.90. The van der Waals surface area contributed by atoms with E-state index in [0.717, 1.165) is 13.3 Å². The predicted molar refractivity (Wildman–Crippen MR) is 67.8 cm³/mol. The topological polar surface area (TPSA) is 109 Å². The molecule has 0 saturated heterocycles. The quantitative estimate of drug-likeness (QED) is 0.805. The summed E-state index contributed by atoms with van der Waals surface area (Å²) >= 11 is 0. The molecule has 0 unspecified atom stereocenters. The lowest BCUT2D eigenvalue weighted by Crippen LogP contribution is -2.02. The van der Waals surface area contributed by atoms with Gasteiger partial charge in [0.1, 0.15) is 0 Å². The smallest absolute Gasteiger partial charge is 0.300 e. The Hall–Kier alpha value is -1.41. The molecule has 0 atom stereocenters. The first-order valence-corrected chi connectivity index (χ1v) is 6.86. The Labute approximate surface area is 107 Å². The molecule has 2 N–H and O–H groups in total. The van der Waals surface area contributed by atoms with E-state index in [1.165, 1.54) is 0 Å². The number of carbonyl (C=O) groups is 1. The van der Waals surface area contributed by atoms with E-state index in [4.69, 9.17) is 14.5 Å². The van der Waals surface area contributed by atoms with Crippen LogP contribution in [0.2, 0.25) is 0 Å². The lowest BCUT2D eigenvalue weighted by atomic mass is 10.4. The Morgan fingerprint density at radius 1 is 1.44 bits per heavy atom. The van der Waals surface area contributed by atoms with Crippen LogP contribution in [0.25, 0.3) is 0 Å². The summed E-state index contributed by atoms with van der Waals surface area (Å²) in [6.07, 6.45) is 6.72. The molecule has 0 radical (unpaired) electrons. The van der Waals surface area contributed by atoms with Gasteiger partial charge in [-0.3, -0.25) is 9.35 Å². The summed E-state index contributed by atoms with van der Waals surface area (Å²) in [5.74, 6) is -0.941. The molecule has 0 amide bonds. The van der Waals surface area contributed by atoms with E-state index in [-0.39, 0.29) is 5.75 Å². The number of aromatic nitrogens is 2. The van der Waals surface area contributed by atoms with Crippen molar-refractivity contribution in [1.82, 2.24) is 9.55 Å². The summed E-state index contributed by atoms with van der Waals surface area (Å²) < 4.78 is 29.9. The second kappa shape index (κ2) is 10.7. The van der Waals surface area contributed by atoms with Gasteiger partial charge in [-0.25, -0.2) is 4.98 Å². The predicted octanol–water partition coefficient (Wildman–Crippen LogP) is 1.19. The van der Waals surface area contributed by atoms with E-state index in [1.54, 1.807) is 12.5 Å². The van der Waals surface area contributed by atoms with E-state index in [9.17, 15) is 8.42 Å². The summed E-state index contributed by atoms with van der Waals surface area (Å²) in [4.78, 5) is 12.8. The molecular formula is C10H20N2O5S. The van der Waals surface area contributed by atoms with Crippen molar-refractivity contribution >= 4 is 16.1 Å². The second-order valence-corrected chi connectivity index (χ2v) is 4.96. The van der Waals surface area contributed by atoms with Crippen LogP contribution in [0.1, 0.15) is 26.7 Å². The van der Waals surface area contributed by atoms with Gasteiger partial charge in [-0.1, -0.05) is 13.3 Å². The van der Waals surface area contributed by atoms with Gasteiger partial charge >= 0.3 is 0 Å². The fourth-order valence-corrected chi connectivity index (χ4v) is 1.31. The molecule has 1 rings (SSSR count). The molecule has 1 aromatic heterocycles. The first-order valence-electron chi connectivity index (χ1n) is 5.25. The minimum atomic E-state index is -3.69. The molecule has 0 aliphatic rings. The van der Waals surface area contributed by atoms with Gasteiger partial charge in [0.25, 0.3) is 16.1 Å². The molecule has 0 aromatic carbocycles. The molecule has 0 spiro atoms. The minimum absolute atomic E-state index is 0.108. The molecule has 18 heavy (non-hydrogen) atoms. The van der Waals surface area contributed by atoms with Crippen LogP contribution in [0.4, 0.5) is 0 Å². The van der Waals surface area contributed by atoms with Crippen LogP contribution in [0.3, 0.4) is 0 Å². The molecule has 0 saturated carbocycles. The minimum Gasteiger partial charge on any atom is -0.481 e. The van der Waals surface area contributed by atoms with Crippen LogP contribution in [0, 0.1) is 0 Å². The number of unbranched alkanes of at least 4 members (excludes halogenated alkanes) is 1. The van der Waals surface area contributed by atoms with Crippen LogP contribution < -0.4 is 0 Å². The molecule has 0 aliphatic carbocycles. The van der Waals surface area contributed by atoms with Gasteiger partial charge in [0.05, 0.1) is 12.1 Å². The molecule has 1 aromatic rings. The van der Waals surface area contributed by atoms with Crippen LogP contribution in [-0.2, 0) is 22.0 Å². The lowest BCUT2D eigenvalue weighted by Gasteiger charge is -1.90. The zero-order valence-corrected chi connectivity index (χ0v) is 11.6. The number of nitrogens with zero attached hydrogens (tertiary/aromatic N) is 2. The Kier molecular flexibility index (Phi) is 11.3. The van der Waals surface area contributed by atoms with Gasteiger partial charge in [-0.15, -0.1) is 0 Å². The monoisotopic (exact) mass is 280 g/mol. The summed E-state index contributed by atoms with van der Waals surface area (Å²) in [6, 6.07) is 0. The standard InChI is InChI=1S/C4H6N2.C4H10O3S.C2H4O2/c1-6-3-2-5-4-6;1-2-3-4-8(5,6)7;1-2(3)4/h2-4H,1H3;2-4H2,1H3,(H,5,6,7);1H3,(H,3,4). The maximum absolute atomic E-state index is 9.95. The van der Waals surface area contributed by atoms with Gasteiger partial charge in [0.15, 0.2) is 0 Å². The van der Waals surface area contributed by atoms with E-state index >= 15 is 0 Å². The zero-order chi connectivity index (χ0) is 14.6. The Morgan fingerprint density at radius 3 is 2.06 bits per heavy atom. The largest absolute Gasteiger partial charge is 0.481 e. The summed E-state index contributed by atoms with van der Waals surface area (Å²) in [6.45, 7) is 2.95. The van der Waals surface area contributed by atoms with Crippen molar-refractivity contribution in [2.24, 2.45) is 7.05 Å². The lowest BCUT2D eigenvalue weighted by molar-refractivity contribution is -0.134. The number of carboxylic acids is 1. The third-order valence-electron chi connectivity index (χ3n) is 1.39. The Bertz CT molecular complexity index is 396. The number of imidazole rings is 1. The van der Waals surface area contributed by atoms with Crippen molar-refractivity contribution in [3.63, 3.8) is 0 Å². The number of hydrogen-bond donors (Lipinski definition) is 2. The van der Waals surface area contributed by atoms with E-state index in [1.807, 2.05) is 24.7 Å². The summed E-state index contributed by atoms with van der Waals surface area (Å²) in [7, 11) is -1.75. The summed E-state index contributed by atoms with van der Waals surface area (Å²) in [5, 5.41) is 7.42. The van der Waals surface area contributed by atoms with Gasteiger partial charge in [0, 0.05) is 26.4 Å². The fraction of sp³-hybridized carbons (Fsp3) is 0.600. The van der Waals surface area contributed by atoms with Gasteiger partial charge in [-0.2, -0.15) is 8.42 Å². The molecule has 8 heteroatoms. The molecule has 0 bridgehead atoms. The Balaban J connectivity index is 0. The number of rotatable bonds is 3. The van der Waals surface area contributed by atoms with Crippen molar-refractivity contribution in [1.29, 1.82) is 0 Å². The average molecular weight is 280 g/mol. The highest BCUT2D eigenvalue weighted by molar-refractivity contribution is 7.85. The van der Waals surface area contributed by atoms with Crippen LogP contribution in [0.5, 0.6) is 0 Å². The summed E-state index contributed by atoms with van der Waals surface area (Å²) in [5.41, 5.74) is 0. The SMILES string of the molecule is CC(=O)O.CCCCS(=O)(=O)O.Cn1ccnc1. The number of aliphatic carboxylic acids is 1. The van der Waals surface area contributed by atoms with Crippen LogP contribution in [0.15, 0.2) is 18.7 Å². The highest BCUT2D eigenvalue weighted by atomic mass is 32.2. The zero-order valence-electron chi connectivity index (χ0n) is 10.8. The molecule has 106 valence electrons. The maximum atomic E-state index is 9.95. The molecular weight excluding hydrogens is 260 g/mol. The Morgan fingerprint density at radius 2 is 1.94 bits per heavy atom. The van der Waals surface area contributed by atoms with E-state index < -0.39 is 16.1 Å². The van der Waals surface area contributed by atoms with Gasteiger partial charge < -0.3 is 9.67 Å². The van der Waals surface area contributed by atoms with E-state index in [2.05, 4.69) is 4.98 Å². The van der Waals surface area contributed by atoms with Gasteiger partial charge in [-0.05, 0) is 6.42 Å².